The zero-order chi connectivity index (χ0) is 20.2. The third-order valence-corrected chi connectivity index (χ3v) is 4.69. The first-order valence-electron chi connectivity index (χ1n) is 9.26. The molecule has 0 aliphatic carbocycles. The maximum atomic E-state index is 13.1. The number of nitrogens with zero attached hydrogens (tertiary/aromatic N) is 4. The molecule has 1 saturated heterocycles. The van der Waals surface area contributed by atoms with Crippen molar-refractivity contribution in [3.8, 4) is 23.1 Å². The highest BCUT2D eigenvalue weighted by Crippen LogP contribution is 2.22. The number of halogens is 1. The number of piperidine rings is 1. The summed E-state index contributed by atoms with van der Waals surface area (Å²) < 4.78 is 24.0. The fraction of sp³-hybridized carbons (Fsp3) is 0.300. The topological polar surface area (TPSA) is 93.2 Å². The van der Waals surface area contributed by atoms with Gasteiger partial charge in [-0.15, -0.1) is 0 Å². The minimum Gasteiger partial charge on any atom is -0.472 e. The van der Waals surface area contributed by atoms with Crippen LogP contribution < -0.4 is 9.47 Å². The molecule has 0 saturated carbocycles. The molecule has 1 aliphatic rings. The molecular formula is C20H20FN5O3. The van der Waals surface area contributed by atoms with Gasteiger partial charge in [0, 0.05) is 24.4 Å². The Balaban J connectivity index is 1.43. The lowest BCUT2D eigenvalue weighted by molar-refractivity contribution is 0.0520. The predicted octanol–water partition coefficient (Wildman–Crippen LogP) is 2.70. The van der Waals surface area contributed by atoms with E-state index in [1.165, 1.54) is 19.2 Å². The quantitative estimate of drug-likeness (QED) is 0.712. The molecule has 150 valence electrons. The van der Waals surface area contributed by atoms with E-state index in [0.717, 1.165) is 18.4 Å². The molecule has 1 aromatic carbocycles. The number of H-pyrrole nitrogens is 1. The van der Waals surface area contributed by atoms with Crippen LogP contribution in [0.5, 0.6) is 11.9 Å². The van der Waals surface area contributed by atoms with E-state index in [1.807, 2.05) is 0 Å². The third kappa shape index (κ3) is 4.34. The molecule has 1 unspecified atom stereocenters. The lowest BCUT2D eigenvalue weighted by Gasteiger charge is -2.32. The van der Waals surface area contributed by atoms with Crippen molar-refractivity contribution in [1.82, 2.24) is 25.1 Å². The van der Waals surface area contributed by atoms with Gasteiger partial charge < -0.3 is 14.4 Å². The number of amides is 1. The molecule has 1 N–H and O–H groups in total. The first-order valence-corrected chi connectivity index (χ1v) is 9.26. The number of hydrogen-bond acceptors (Lipinski definition) is 6. The van der Waals surface area contributed by atoms with Crippen LogP contribution in [0.2, 0.25) is 0 Å². The molecular weight excluding hydrogens is 377 g/mol. The number of aromatic amines is 1. The van der Waals surface area contributed by atoms with Gasteiger partial charge in [-0.3, -0.25) is 9.89 Å². The molecule has 3 aromatic rings. The van der Waals surface area contributed by atoms with E-state index >= 15 is 0 Å². The largest absolute Gasteiger partial charge is 0.472 e. The van der Waals surface area contributed by atoms with Crippen LogP contribution in [-0.2, 0) is 0 Å². The van der Waals surface area contributed by atoms with Gasteiger partial charge in [0.15, 0.2) is 0 Å². The molecule has 1 atom stereocenters. The zero-order valence-electron chi connectivity index (χ0n) is 15.8. The predicted molar refractivity (Wildman–Crippen MR) is 102 cm³/mol. The summed E-state index contributed by atoms with van der Waals surface area (Å²) >= 11 is 0. The third-order valence-electron chi connectivity index (χ3n) is 4.69. The van der Waals surface area contributed by atoms with Gasteiger partial charge in [-0.25, -0.2) is 9.37 Å². The summed E-state index contributed by atoms with van der Waals surface area (Å²) in [6.07, 6.45) is 3.03. The Hall–Kier alpha value is -3.49. The highest BCUT2D eigenvalue weighted by molar-refractivity contribution is 5.93. The molecule has 2 aromatic heterocycles. The van der Waals surface area contributed by atoms with Crippen molar-refractivity contribution >= 4 is 5.91 Å². The van der Waals surface area contributed by atoms with Crippen LogP contribution in [0.25, 0.3) is 11.3 Å². The Kier molecular flexibility index (Phi) is 5.37. The van der Waals surface area contributed by atoms with E-state index in [2.05, 4.69) is 20.2 Å². The number of benzene rings is 1. The molecule has 0 radical (unpaired) electrons. The number of nitrogens with one attached hydrogen (secondary N) is 1. The molecule has 29 heavy (non-hydrogen) atoms. The van der Waals surface area contributed by atoms with Gasteiger partial charge in [-0.2, -0.15) is 10.1 Å². The van der Waals surface area contributed by atoms with Crippen molar-refractivity contribution in [1.29, 1.82) is 0 Å². The molecule has 1 amide bonds. The number of ether oxygens (including phenoxy) is 2. The maximum absolute atomic E-state index is 13.1. The Labute approximate surface area is 166 Å². The van der Waals surface area contributed by atoms with Crippen LogP contribution in [-0.4, -0.2) is 57.3 Å². The average molecular weight is 397 g/mol. The lowest BCUT2D eigenvalue weighted by atomic mass is 10.1. The Morgan fingerprint density at radius 1 is 1.28 bits per heavy atom. The van der Waals surface area contributed by atoms with Gasteiger partial charge in [-0.1, -0.05) is 0 Å². The SMILES string of the molecule is COc1nccc(OC2CCCN(C(=O)c3cc(-c4ccc(F)cc4)n[nH]3)C2)n1. The van der Waals surface area contributed by atoms with Gasteiger partial charge in [0.25, 0.3) is 5.91 Å². The minimum atomic E-state index is -0.318. The molecule has 3 heterocycles. The van der Waals surface area contributed by atoms with Crippen molar-refractivity contribution in [2.24, 2.45) is 0 Å². The first kappa shape index (κ1) is 18.9. The van der Waals surface area contributed by atoms with Crippen molar-refractivity contribution in [2.45, 2.75) is 18.9 Å². The number of carbonyl (C=O) groups excluding carboxylic acids is 1. The van der Waals surface area contributed by atoms with Gasteiger partial charge in [0.1, 0.15) is 17.6 Å². The van der Waals surface area contributed by atoms with E-state index in [0.29, 0.717) is 30.4 Å². The number of rotatable bonds is 5. The van der Waals surface area contributed by atoms with E-state index < -0.39 is 0 Å². The second-order valence-corrected chi connectivity index (χ2v) is 6.69. The maximum Gasteiger partial charge on any atom is 0.319 e. The van der Waals surface area contributed by atoms with E-state index in [-0.39, 0.29) is 23.8 Å². The minimum absolute atomic E-state index is 0.153. The Morgan fingerprint density at radius 2 is 2.10 bits per heavy atom. The van der Waals surface area contributed by atoms with Crippen LogP contribution in [0.1, 0.15) is 23.3 Å². The van der Waals surface area contributed by atoms with Crippen molar-refractivity contribution < 1.29 is 18.7 Å². The normalized spacial score (nSPS) is 16.5. The van der Waals surface area contributed by atoms with Gasteiger partial charge >= 0.3 is 6.01 Å². The Bertz CT molecular complexity index is 992. The molecule has 9 heteroatoms. The highest BCUT2D eigenvalue weighted by atomic mass is 19.1. The summed E-state index contributed by atoms with van der Waals surface area (Å²) in [6, 6.07) is 9.54. The van der Waals surface area contributed by atoms with Crippen molar-refractivity contribution in [3.63, 3.8) is 0 Å². The highest BCUT2D eigenvalue weighted by Gasteiger charge is 2.27. The number of aromatic nitrogens is 4. The molecule has 0 spiro atoms. The second-order valence-electron chi connectivity index (χ2n) is 6.69. The lowest BCUT2D eigenvalue weighted by Crippen LogP contribution is -2.44. The summed E-state index contributed by atoms with van der Waals surface area (Å²) in [7, 11) is 1.49. The summed E-state index contributed by atoms with van der Waals surface area (Å²) in [4.78, 5) is 22.7. The fourth-order valence-electron chi connectivity index (χ4n) is 3.25. The van der Waals surface area contributed by atoms with Gasteiger partial charge in [0.2, 0.25) is 5.88 Å². The van der Waals surface area contributed by atoms with Crippen LogP contribution in [0, 0.1) is 5.82 Å². The number of likely N-dealkylation sites (tertiary alicyclic amines) is 1. The Morgan fingerprint density at radius 3 is 2.90 bits per heavy atom. The monoisotopic (exact) mass is 397 g/mol. The van der Waals surface area contributed by atoms with Crippen LogP contribution >= 0.6 is 0 Å². The molecule has 4 rings (SSSR count). The van der Waals surface area contributed by atoms with Crippen molar-refractivity contribution in [3.05, 3.63) is 54.1 Å². The van der Waals surface area contributed by atoms with Crippen LogP contribution in [0.15, 0.2) is 42.6 Å². The van der Waals surface area contributed by atoms with Crippen LogP contribution in [0.3, 0.4) is 0 Å². The summed E-state index contributed by atoms with van der Waals surface area (Å²) in [5.41, 5.74) is 1.71. The standard InChI is InChI=1S/C20H20FN5O3/c1-28-20-22-9-8-18(23-20)29-15-3-2-10-26(12-15)19(27)17-11-16(24-25-17)13-4-6-14(21)7-5-13/h4-9,11,15H,2-3,10,12H2,1H3,(H,24,25). The molecule has 8 nitrogen and oxygen atoms in total. The summed E-state index contributed by atoms with van der Waals surface area (Å²) in [5.74, 6) is -0.0584. The van der Waals surface area contributed by atoms with Gasteiger partial charge in [-0.05, 0) is 43.2 Å². The van der Waals surface area contributed by atoms with Crippen LogP contribution in [0.4, 0.5) is 4.39 Å². The average Bonchev–Trinajstić information content (AvgIpc) is 3.24. The van der Waals surface area contributed by atoms with E-state index in [1.54, 1.807) is 35.4 Å². The van der Waals surface area contributed by atoms with Crippen molar-refractivity contribution in [2.75, 3.05) is 20.2 Å². The molecule has 1 aliphatic heterocycles. The second kappa shape index (κ2) is 8.26. The van der Waals surface area contributed by atoms with Gasteiger partial charge in [0.05, 0.1) is 19.3 Å². The number of carbonyl (C=O) groups is 1. The molecule has 1 fully saturated rings. The van der Waals surface area contributed by atoms with E-state index in [9.17, 15) is 9.18 Å². The summed E-state index contributed by atoms with van der Waals surface area (Å²) in [5, 5.41) is 6.96. The fourth-order valence-corrected chi connectivity index (χ4v) is 3.25. The summed E-state index contributed by atoms with van der Waals surface area (Å²) in [6.45, 7) is 1.08. The number of hydrogen-bond donors (Lipinski definition) is 1. The zero-order valence-corrected chi connectivity index (χ0v) is 15.8. The first-order chi connectivity index (χ1) is 14.1. The van der Waals surface area contributed by atoms with E-state index in [4.69, 9.17) is 9.47 Å². The number of methoxy groups -OCH3 is 1. The smallest absolute Gasteiger partial charge is 0.319 e. The molecule has 0 bridgehead atoms.